The van der Waals surface area contributed by atoms with Gasteiger partial charge in [-0.05, 0) is 57.3 Å². The van der Waals surface area contributed by atoms with Gasteiger partial charge >= 0.3 is 6.18 Å². The van der Waals surface area contributed by atoms with E-state index in [1.807, 2.05) is 0 Å². The molecule has 0 saturated heterocycles. The summed E-state index contributed by atoms with van der Waals surface area (Å²) < 4.78 is 41.2. The van der Waals surface area contributed by atoms with Gasteiger partial charge in [0.2, 0.25) is 5.91 Å². The summed E-state index contributed by atoms with van der Waals surface area (Å²) in [5.41, 5.74) is 0.318. The third-order valence-corrected chi connectivity index (χ3v) is 6.33. The van der Waals surface area contributed by atoms with Gasteiger partial charge in [0, 0.05) is 23.7 Å². The molecule has 0 unspecified atom stereocenters. The summed E-state index contributed by atoms with van der Waals surface area (Å²) in [6.45, 7) is 2.84. The number of hydrogen-bond acceptors (Lipinski definition) is 2. The Bertz CT molecular complexity index is 661. The zero-order valence-corrected chi connectivity index (χ0v) is 16.8. The van der Waals surface area contributed by atoms with Crippen molar-refractivity contribution in [3.63, 3.8) is 0 Å². The lowest BCUT2D eigenvalue weighted by Gasteiger charge is -2.27. The Balaban J connectivity index is 1.50. The van der Waals surface area contributed by atoms with Gasteiger partial charge in [0.05, 0.1) is 6.54 Å². The van der Waals surface area contributed by atoms with Crippen LogP contribution in [0.3, 0.4) is 0 Å². The highest BCUT2D eigenvalue weighted by atomic mass is 19.4. The van der Waals surface area contributed by atoms with Crippen molar-refractivity contribution in [2.24, 2.45) is 11.8 Å². The van der Waals surface area contributed by atoms with Crippen molar-refractivity contribution < 1.29 is 18.0 Å². The van der Waals surface area contributed by atoms with Crippen molar-refractivity contribution in [1.82, 2.24) is 15.1 Å². The van der Waals surface area contributed by atoms with Crippen LogP contribution < -0.4 is 5.32 Å². The fourth-order valence-corrected chi connectivity index (χ4v) is 4.72. The fraction of sp³-hybridized carbons (Fsp3) is 0.810. The molecule has 1 N–H and O–H groups in total. The second-order valence-corrected chi connectivity index (χ2v) is 8.35. The maximum Gasteiger partial charge on any atom is 0.435 e. The van der Waals surface area contributed by atoms with Gasteiger partial charge in [-0.15, -0.1) is 0 Å². The minimum atomic E-state index is -4.41. The van der Waals surface area contributed by atoms with E-state index in [-0.39, 0.29) is 11.8 Å². The van der Waals surface area contributed by atoms with E-state index in [2.05, 4.69) is 17.3 Å². The van der Waals surface area contributed by atoms with Crippen LogP contribution in [0.2, 0.25) is 0 Å². The molecule has 0 radical (unpaired) electrons. The Labute approximate surface area is 165 Å². The quantitative estimate of drug-likeness (QED) is 0.709. The first kappa shape index (κ1) is 21.2. The number of amides is 1. The lowest BCUT2D eigenvalue weighted by Crippen LogP contribution is -2.35. The molecule has 0 spiro atoms. The predicted molar refractivity (Wildman–Crippen MR) is 102 cm³/mol. The predicted octanol–water partition coefficient (Wildman–Crippen LogP) is 4.89. The van der Waals surface area contributed by atoms with Gasteiger partial charge in [0.1, 0.15) is 0 Å². The van der Waals surface area contributed by atoms with E-state index >= 15 is 0 Å². The minimum Gasteiger partial charge on any atom is -0.354 e. The summed E-state index contributed by atoms with van der Waals surface area (Å²) in [6.07, 6.45) is 6.14. The number of carbonyl (C=O) groups is 1. The minimum absolute atomic E-state index is 0.0472. The average molecular weight is 400 g/mol. The molecule has 7 heteroatoms. The highest BCUT2D eigenvalue weighted by Crippen LogP contribution is 2.36. The van der Waals surface area contributed by atoms with Crippen molar-refractivity contribution >= 4 is 5.91 Å². The maximum atomic E-state index is 13.2. The zero-order valence-electron chi connectivity index (χ0n) is 16.8. The molecule has 2 aliphatic rings. The van der Waals surface area contributed by atoms with Crippen LogP contribution in [0.4, 0.5) is 13.2 Å². The number of aromatic nitrogens is 2. The van der Waals surface area contributed by atoms with Crippen molar-refractivity contribution in [3.8, 4) is 0 Å². The van der Waals surface area contributed by atoms with Crippen LogP contribution in [0.25, 0.3) is 0 Å². The molecule has 0 atom stereocenters. The lowest BCUT2D eigenvalue weighted by atomic mass is 9.79. The van der Waals surface area contributed by atoms with Crippen molar-refractivity contribution in [2.45, 2.75) is 90.3 Å². The second-order valence-electron chi connectivity index (χ2n) is 8.35. The van der Waals surface area contributed by atoms with E-state index in [0.29, 0.717) is 37.2 Å². The van der Waals surface area contributed by atoms with Gasteiger partial charge in [-0.2, -0.15) is 18.3 Å². The second kappa shape index (κ2) is 9.31. The number of carbonyl (C=O) groups excluding carboxylic acids is 1. The Morgan fingerprint density at radius 3 is 2.57 bits per heavy atom. The van der Waals surface area contributed by atoms with Crippen molar-refractivity contribution in [1.29, 1.82) is 0 Å². The van der Waals surface area contributed by atoms with Crippen LogP contribution in [-0.4, -0.2) is 22.2 Å². The number of halogens is 3. The molecular weight excluding hydrogens is 367 g/mol. The summed E-state index contributed by atoms with van der Waals surface area (Å²) in [6, 6.07) is 0. The average Bonchev–Trinajstić information content (AvgIpc) is 3.06. The third kappa shape index (κ3) is 5.09. The van der Waals surface area contributed by atoms with Crippen LogP contribution in [0.1, 0.15) is 81.7 Å². The molecule has 4 nitrogen and oxygen atoms in total. The number of rotatable bonds is 7. The molecule has 1 fully saturated rings. The molecule has 1 aromatic rings. The van der Waals surface area contributed by atoms with Crippen molar-refractivity contribution in [2.75, 3.05) is 6.54 Å². The van der Waals surface area contributed by atoms with Gasteiger partial charge in [0.25, 0.3) is 0 Å². The molecule has 3 rings (SSSR count). The van der Waals surface area contributed by atoms with Crippen LogP contribution in [0, 0.1) is 11.8 Å². The standard InChI is InChI=1S/C21H32F3N3O/c1-2-3-6-15-9-11-16(12-10-15)20(28)25-13-14-27-18-8-5-4-7-17(18)19(26-27)21(22,23)24/h15-16H,2-14H2,1H3,(H,25,28). The van der Waals surface area contributed by atoms with Crippen LogP contribution in [-0.2, 0) is 30.4 Å². The number of hydrogen-bond donors (Lipinski definition) is 1. The van der Waals surface area contributed by atoms with E-state index in [1.165, 1.54) is 23.9 Å². The van der Waals surface area contributed by atoms with Crippen LogP contribution in [0.5, 0.6) is 0 Å². The van der Waals surface area contributed by atoms with E-state index in [4.69, 9.17) is 0 Å². The van der Waals surface area contributed by atoms with Gasteiger partial charge in [-0.3, -0.25) is 9.48 Å². The first-order valence-electron chi connectivity index (χ1n) is 10.8. The molecule has 1 aromatic heterocycles. The highest BCUT2D eigenvalue weighted by molar-refractivity contribution is 5.78. The number of fused-ring (bicyclic) bond motifs is 1. The van der Waals surface area contributed by atoms with E-state index in [1.54, 1.807) is 0 Å². The Morgan fingerprint density at radius 2 is 1.89 bits per heavy atom. The summed E-state index contributed by atoms with van der Waals surface area (Å²) in [7, 11) is 0. The number of alkyl halides is 3. The highest BCUT2D eigenvalue weighted by Gasteiger charge is 2.39. The van der Waals surface area contributed by atoms with E-state index < -0.39 is 11.9 Å². The Morgan fingerprint density at radius 1 is 1.18 bits per heavy atom. The Kier molecular flexibility index (Phi) is 7.05. The van der Waals surface area contributed by atoms with Crippen molar-refractivity contribution in [3.05, 3.63) is 17.0 Å². The monoisotopic (exact) mass is 399 g/mol. The van der Waals surface area contributed by atoms with E-state index in [9.17, 15) is 18.0 Å². The number of unbranched alkanes of at least 4 members (excludes halogenated alkanes) is 1. The number of nitrogens with one attached hydrogen (secondary N) is 1. The molecule has 0 aromatic carbocycles. The molecule has 158 valence electrons. The number of nitrogens with zero attached hydrogens (tertiary/aromatic N) is 2. The smallest absolute Gasteiger partial charge is 0.354 e. The molecule has 1 saturated carbocycles. The Hall–Kier alpha value is -1.53. The molecule has 0 aliphatic heterocycles. The summed E-state index contributed by atoms with van der Waals surface area (Å²) in [4.78, 5) is 12.4. The summed E-state index contributed by atoms with van der Waals surface area (Å²) in [5.74, 6) is 0.849. The molecular formula is C21H32F3N3O. The van der Waals surface area contributed by atoms with Gasteiger partial charge in [0.15, 0.2) is 5.69 Å². The zero-order chi connectivity index (χ0) is 20.1. The maximum absolute atomic E-state index is 13.2. The van der Waals surface area contributed by atoms with Gasteiger partial charge in [-0.1, -0.05) is 26.2 Å². The fourth-order valence-electron chi connectivity index (χ4n) is 4.72. The van der Waals surface area contributed by atoms with Crippen LogP contribution >= 0.6 is 0 Å². The lowest BCUT2D eigenvalue weighted by molar-refractivity contribution is -0.142. The summed E-state index contributed by atoms with van der Waals surface area (Å²) >= 11 is 0. The first-order chi connectivity index (χ1) is 13.4. The van der Waals surface area contributed by atoms with E-state index in [0.717, 1.165) is 44.4 Å². The third-order valence-electron chi connectivity index (χ3n) is 6.33. The van der Waals surface area contributed by atoms with Gasteiger partial charge in [-0.25, -0.2) is 0 Å². The molecule has 2 aliphatic carbocycles. The first-order valence-corrected chi connectivity index (χ1v) is 10.8. The summed E-state index contributed by atoms with van der Waals surface area (Å²) in [5, 5.41) is 6.78. The van der Waals surface area contributed by atoms with Crippen LogP contribution in [0.15, 0.2) is 0 Å². The largest absolute Gasteiger partial charge is 0.435 e. The molecule has 1 amide bonds. The molecule has 28 heavy (non-hydrogen) atoms. The molecule has 1 heterocycles. The SMILES string of the molecule is CCCCC1CCC(C(=O)NCCn2nc(C(F)(F)F)c3c2CCCC3)CC1. The molecule has 0 bridgehead atoms. The van der Waals surface area contributed by atoms with Gasteiger partial charge < -0.3 is 5.32 Å². The topological polar surface area (TPSA) is 46.9 Å². The normalized spacial score (nSPS) is 22.7.